The number of halogens is 2. The smallest absolute Gasteiger partial charge is 0.262 e. The van der Waals surface area contributed by atoms with Gasteiger partial charge in [0, 0.05) is 5.56 Å². The van der Waals surface area contributed by atoms with E-state index >= 15 is 0 Å². The monoisotopic (exact) mass is 345 g/mol. The fourth-order valence-electron chi connectivity index (χ4n) is 2.34. The summed E-state index contributed by atoms with van der Waals surface area (Å²) in [6.45, 7) is 0. The van der Waals surface area contributed by atoms with Crippen LogP contribution in [0.25, 0.3) is 11.1 Å². The van der Waals surface area contributed by atoms with E-state index in [9.17, 15) is 17.2 Å². The zero-order valence-electron chi connectivity index (χ0n) is 12.4. The van der Waals surface area contributed by atoms with Gasteiger partial charge in [0.2, 0.25) is 0 Å². The molecular formula is C18H13F2NO2S. The lowest BCUT2D eigenvalue weighted by atomic mass is 10.1. The molecule has 0 heterocycles. The van der Waals surface area contributed by atoms with Crippen molar-refractivity contribution in [3.63, 3.8) is 0 Å². The van der Waals surface area contributed by atoms with Crippen molar-refractivity contribution in [1.29, 1.82) is 0 Å². The van der Waals surface area contributed by atoms with E-state index in [0.29, 0.717) is 11.1 Å². The van der Waals surface area contributed by atoms with Gasteiger partial charge in [0.25, 0.3) is 10.0 Å². The minimum Gasteiger partial charge on any atom is -0.274 e. The molecule has 24 heavy (non-hydrogen) atoms. The largest absolute Gasteiger partial charge is 0.274 e. The lowest BCUT2D eigenvalue weighted by molar-refractivity contribution is 0.583. The number of benzene rings is 3. The SMILES string of the molecule is O=S(=O)(Nc1c(F)cccc1F)c1ccccc1-c1ccccc1. The topological polar surface area (TPSA) is 46.2 Å². The summed E-state index contributed by atoms with van der Waals surface area (Å²) in [5.74, 6) is -1.95. The van der Waals surface area contributed by atoms with Crippen LogP contribution in [-0.2, 0) is 10.0 Å². The quantitative estimate of drug-likeness (QED) is 0.760. The summed E-state index contributed by atoms with van der Waals surface area (Å²) in [5.41, 5.74) is 0.440. The van der Waals surface area contributed by atoms with E-state index in [1.165, 1.54) is 12.1 Å². The molecule has 0 radical (unpaired) electrons. The Hall–Kier alpha value is -2.73. The standard InChI is InChI=1S/C18H13F2NO2S/c19-15-10-6-11-16(20)18(15)21-24(22,23)17-12-5-4-9-14(17)13-7-2-1-3-8-13/h1-12,21H. The number of sulfonamides is 1. The Balaban J connectivity index is 2.09. The molecule has 0 aliphatic carbocycles. The number of para-hydroxylation sites is 1. The van der Waals surface area contributed by atoms with Gasteiger partial charge in [0.1, 0.15) is 17.3 Å². The van der Waals surface area contributed by atoms with E-state index < -0.39 is 27.3 Å². The first-order valence-electron chi connectivity index (χ1n) is 7.10. The molecule has 3 aromatic rings. The fourth-order valence-corrected chi connectivity index (χ4v) is 3.65. The van der Waals surface area contributed by atoms with Crippen molar-refractivity contribution in [2.75, 3.05) is 4.72 Å². The highest BCUT2D eigenvalue weighted by Gasteiger charge is 2.22. The molecule has 0 bridgehead atoms. The number of nitrogens with one attached hydrogen (secondary N) is 1. The summed E-state index contributed by atoms with van der Waals surface area (Å²) in [7, 11) is -4.17. The van der Waals surface area contributed by atoms with Crippen LogP contribution in [0.5, 0.6) is 0 Å². The van der Waals surface area contributed by atoms with E-state index in [4.69, 9.17) is 0 Å². The van der Waals surface area contributed by atoms with E-state index in [1.807, 2.05) is 10.8 Å². The lowest BCUT2D eigenvalue weighted by Crippen LogP contribution is -2.16. The molecule has 0 unspecified atom stereocenters. The molecule has 122 valence electrons. The van der Waals surface area contributed by atoms with Crippen LogP contribution in [0.4, 0.5) is 14.5 Å². The van der Waals surface area contributed by atoms with Gasteiger partial charge in [-0.2, -0.15) is 0 Å². The maximum Gasteiger partial charge on any atom is 0.262 e. The fraction of sp³-hybridized carbons (Fsp3) is 0. The van der Waals surface area contributed by atoms with Crippen LogP contribution in [-0.4, -0.2) is 8.42 Å². The Labute approximate surface area is 138 Å². The van der Waals surface area contributed by atoms with Crippen LogP contribution in [0.1, 0.15) is 0 Å². The molecule has 3 nitrogen and oxygen atoms in total. The van der Waals surface area contributed by atoms with Gasteiger partial charge < -0.3 is 0 Å². The minimum atomic E-state index is -4.17. The van der Waals surface area contributed by atoms with Gasteiger partial charge in [-0.1, -0.05) is 54.6 Å². The summed E-state index contributed by atoms with van der Waals surface area (Å²) in [6.07, 6.45) is 0. The first-order chi connectivity index (χ1) is 11.5. The molecule has 0 saturated heterocycles. The van der Waals surface area contributed by atoms with Gasteiger partial charge in [-0.15, -0.1) is 0 Å². The van der Waals surface area contributed by atoms with Crippen LogP contribution >= 0.6 is 0 Å². The molecule has 0 aromatic heterocycles. The minimum absolute atomic E-state index is 0.0566. The van der Waals surface area contributed by atoms with Gasteiger partial charge in [0.15, 0.2) is 0 Å². The number of hydrogen-bond acceptors (Lipinski definition) is 2. The van der Waals surface area contributed by atoms with Gasteiger partial charge >= 0.3 is 0 Å². The number of hydrogen-bond donors (Lipinski definition) is 1. The first-order valence-corrected chi connectivity index (χ1v) is 8.58. The predicted molar refractivity (Wildman–Crippen MR) is 89.0 cm³/mol. The van der Waals surface area contributed by atoms with E-state index in [1.54, 1.807) is 42.5 Å². The average molecular weight is 345 g/mol. The second kappa shape index (κ2) is 6.41. The highest BCUT2D eigenvalue weighted by molar-refractivity contribution is 7.92. The van der Waals surface area contributed by atoms with E-state index in [2.05, 4.69) is 0 Å². The number of rotatable bonds is 4. The van der Waals surface area contributed by atoms with Crippen molar-refractivity contribution in [3.8, 4) is 11.1 Å². The second-order valence-corrected chi connectivity index (χ2v) is 6.72. The lowest BCUT2D eigenvalue weighted by Gasteiger charge is -2.13. The van der Waals surface area contributed by atoms with Crippen molar-refractivity contribution in [1.82, 2.24) is 0 Å². The van der Waals surface area contributed by atoms with Gasteiger partial charge in [-0.3, -0.25) is 4.72 Å². The van der Waals surface area contributed by atoms with Crippen LogP contribution < -0.4 is 4.72 Å². The molecule has 0 saturated carbocycles. The Bertz CT molecular complexity index is 953. The first kappa shape index (κ1) is 16.1. The molecule has 0 spiro atoms. The molecule has 1 N–H and O–H groups in total. The van der Waals surface area contributed by atoms with Crippen LogP contribution in [0, 0.1) is 11.6 Å². The third-order valence-electron chi connectivity index (χ3n) is 3.46. The normalized spacial score (nSPS) is 11.2. The van der Waals surface area contributed by atoms with Gasteiger partial charge in [-0.05, 0) is 23.8 Å². The summed E-state index contributed by atoms with van der Waals surface area (Å²) < 4.78 is 54.8. The molecule has 0 aliphatic heterocycles. The molecular weight excluding hydrogens is 332 g/mol. The Morgan fingerprint density at radius 3 is 1.96 bits per heavy atom. The van der Waals surface area contributed by atoms with Crippen molar-refractivity contribution < 1.29 is 17.2 Å². The van der Waals surface area contributed by atoms with Crippen LogP contribution in [0.2, 0.25) is 0 Å². The summed E-state index contributed by atoms with van der Waals surface area (Å²) in [5, 5.41) is 0. The third kappa shape index (κ3) is 3.14. The highest BCUT2D eigenvalue weighted by atomic mass is 32.2. The van der Waals surface area contributed by atoms with Crippen LogP contribution in [0.15, 0.2) is 77.7 Å². The zero-order chi connectivity index (χ0) is 17.2. The van der Waals surface area contributed by atoms with Crippen molar-refractivity contribution in [2.45, 2.75) is 4.90 Å². The van der Waals surface area contributed by atoms with Gasteiger partial charge in [-0.25, -0.2) is 17.2 Å². The van der Waals surface area contributed by atoms with Gasteiger partial charge in [0.05, 0.1) is 4.90 Å². The van der Waals surface area contributed by atoms with Crippen molar-refractivity contribution in [3.05, 3.63) is 84.4 Å². The molecule has 6 heteroatoms. The predicted octanol–water partition coefficient (Wildman–Crippen LogP) is 4.43. The molecule has 0 fully saturated rings. The summed E-state index contributed by atoms with van der Waals surface area (Å²) >= 11 is 0. The Morgan fingerprint density at radius 2 is 1.29 bits per heavy atom. The van der Waals surface area contributed by atoms with E-state index in [0.717, 1.165) is 12.1 Å². The molecule has 0 amide bonds. The number of anilines is 1. The van der Waals surface area contributed by atoms with Crippen molar-refractivity contribution >= 4 is 15.7 Å². The maximum absolute atomic E-state index is 13.8. The summed E-state index contributed by atoms with van der Waals surface area (Å²) in [6, 6.07) is 18.3. The second-order valence-electron chi connectivity index (χ2n) is 5.06. The maximum atomic E-state index is 13.8. The average Bonchev–Trinajstić information content (AvgIpc) is 2.59. The zero-order valence-corrected chi connectivity index (χ0v) is 13.2. The molecule has 0 atom stereocenters. The molecule has 3 aromatic carbocycles. The Morgan fingerprint density at radius 1 is 0.708 bits per heavy atom. The van der Waals surface area contributed by atoms with Crippen LogP contribution in [0.3, 0.4) is 0 Å². The highest BCUT2D eigenvalue weighted by Crippen LogP contribution is 2.29. The Kier molecular flexibility index (Phi) is 4.31. The van der Waals surface area contributed by atoms with E-state index in [-0.39, 0.29) is 4.90 Å². The molecule has 3 rings (SSSR count). The van der Waals surface area contributed by atoms with Crippen molar-refractivity contribution in [2.24, 2.45) is 0 Å². The third-order valence-corrected chi connectivity index (χ3v) is 4.87. The molecule has 0 aliphatic rings. The summed E-state index contributed by atoms with van der Waals surface area (Å²) in [4.78, 5) is -0.0566.